The Labute approximate surface area is 75.6 Å². The minimum Gasteiger partial charge on any atom is -0.397 e. The van der Waals surface area contributed by atoms with Gasteiger partial charge in [0.2, 0.25) is 0 Å². The minimum absolute atomic E-state index is 0.710. The molecule has 1 heterocycles. The van der Waals surface area contributed by atoms with E-state index in [1.807, 2.05) is 0 Å². The molecule has 1 aromatic heterocycles. The quantitative estimate of drug-likeness (QED) is 0.661. The Kier molecular flexibility index (Phi) is 1.78. The average Bonchev–Trinajstić information content (AvgIpc) is 2.44. The molecule has 0 bridgehead atoms. The molecule has 1 aromatic rings. The first-order chi connectivity index (χ1) is 5.83. The van der Waals surface area contributed by atoms with Gasteiger partial charge in [0.05, 0.1) is 5.69 Å². The Morgan fingerprint density at radius 1 is 1.33 bits per heavy atom. The SMILES string of the molecule is N#Cc1sc2c(c1N)CCCC2. The zero-order chi connectivity index (χ0) is 8.55. The van der Waals surface area contributed by atoms with E-state index in [0.29, 0.717) is 4.88 Å². The van der Waals surface area contributed by atoms with Gasteiger partial charge < -0.3 is 5.73 Å². The maximum absolute atomic E-state index is 8.75. The lowest BCUT2D eigenvalue weighted by Crippen LogP contribution is -2.00. The second-order valence-electron chi connectivity index (χ2n) is 3.07. The molecule has 0 unspecified atom stereocenters. The van der Waals surface area contributed by atoms with Crippen molar-refractivity contribution in [3.63, 3.8) is 0 Å². The van der Waals surface area contributed by atoms with E-state index in [0.717, 1.165) is 18.5 Å². The van der Waals surface area contributed by atoms with E-state index in [2.05, 4.69) is 6.07 Å². The third kappa shape index (κ3) is 0.997. The van der Waals surface area contributed by atoms with Gasteiger partial charge in [-0.15, -0.1) is 11.3 Å². The lowest BCUT2D eigenvalue weighted by Gasteiger charge is -2.10. The van der Waals surface area contributed by atoms with Crippen molar-refractivity contribution in [1.82, 2.24) is 0 Å². The van der Waals surface area contributed by atoms with Gasteiger partial charge in [-0.1, -0.05) is 0 Å². The van der Waals surface area contributed by atoms with Gasteiger partial charge in [-0.25, -0.2) is 0 Å². The molecule has 0 spiro atoms. The highest BCUT2D eigenvalue weighted by atomic mass is 32.1. The number of aryl methyl sites for hydroxylation is 1. The first-order valence-corrected chi connectivity index (χ1v) is 4.94. The van der Waals surface area contributed by atoms with Crippen molar-refractivity contribution in [2.24, 2.45) is 0 Å². The fraction of sp³-hybridized carbons (Fsp3) is 0.444. The van der Waals surface area contributed by atoms with Gasteiger partial charge in [0.25, 0.3) is 0 Å². The van der Waals surface area contributed by atoms with Gasteiger partial charge in [0.15, 0.2) is 0 Å². The highest BCUT2D eigenvalue weighted by Crippen LogP contribution is 2.35. The highest BCUT2D eigenvalue weighted by molar-refractivity contribution is 7.13. The number of anilines is 1. The standard InChI is InChI=1S/C9H10N2S/c10-5-8-9(11)6-3-1-2-4-7(6)12-8/h1-4,11H2. The second-order valence-corrected chi connectivity index (χ2v) is 4.17. The molecule has 0 amide bonds. The summed E-state index contributed by atoms with van der Waals surface area (Å²) in [6, 6.07) is 2.15. The molecule has 3 heteroatoms. The van der Waals surface area contributed by atoms with Crippen LogP contribution in [-0.4, -0.2) is 0 Å². The van der Waals surface area contributed by atoms with Crippen molar-refractivity contribution in [3.8, 4) is 6.07 Å². The number of thiophene rings is 1. The monoisotopic (exact) mass is 178 g/mol. The van der Waals surface area contributed by atoms with Crippen LogP contribution in [0.15, 0.2) is 0 Å². The number of nitrogen functional groups attached to an aromatic ring is 1. The third-order valence-electron chi connectivity index (χ3n) is 2.31. The smallest absolute Gasteiger partial charge is 0.128 e. The summed E-state index contributed by atoms with van der Waals surface area (Å²) in [4.78, 5) is 2.05. The van der Waals surface area contributed by atoms with Crippen molar-refractivity contribution in [2.75, 3.05) is 5.73 Å². The van der Waals surface area contributed by atoms with E-state index >= 15 is 0 Å². The van der Waals surface area contributed by atoms with Crippen LogP contribution >= 0.6 is 11.3 Å². The average molecular weight is 178 g/mol. The Bertz CT molecular complexity index is 346. The Hall–Kier alpha value is -1.01. The topological polar surface area (TPSA) is 49.8 Å². The predicted molar refractivity (Wildman–Crippen MR) is 50.1 cm³/mol. The summed E-state index contributed by atoms with van der Waals surface area (Å²) < 4.78 is 0. The number of hydrogen-bond donors (Lipinski definition) is 1. The molecule has 0 atom stereocenters. The molecular weight excluding hydrogens is 168 g/mol. The van der Waals surface area contributed by atoms with Gasteiger partial charge in [-0.2, -0.15) is 5.26 Å². The summed E-state index contributed by atoms with van der Waals surface area (Å²) in [6.07, 6.45) is 4.65. The number of rotatable bonds is 0. The van der Waals surface area contributed by atoms with Crippen LogP contribution in [0.4, 0.5) is 5.69 Å². The van der Waals surface area contributed by atoms with Crippen molar-refractivity contribution in [3.05, 3.63) is 15.3 Å². The van der Waals surface area contributed by atoms with E-state index in [4.69, 9.17) is 11.0 Å². The molecule has 0 radical (unpaired) electrons. The number of nitrogens with two attached hydrogens (primary N) is 1. The molecule has 12 heavy (non-hydrogen) atoms. The van der Waals surface area contributed by atoms with Gasteiger partial charge in [-0.05, 0) is 31.2 Å². The zero-order valence-electron chi connectivity index (χ0n) is 6.76. The van der Waals surface area contributed by atoms with Crippen molar-refractivity contribution >= 4 is 17.0 Å². The second kappa shape index (κ2) is 2.80. The molecule has 2 nitrogen and oxygen atoms in total. The van der Waals surface area contributed by atoms with E-state index in [1.165, 1.54) is 23.3 Å². The Balaban J connectivity index is 2.53. The van der Waals surface area contributed by atoms with E-state index in [1.54, 1.807) is 11.3 Å². The Morgan fingerprint density at radius 3 is 2.75 bits per heavy atom. The van der Waals surface area contributed by atoms with Crippen molar-refractivity contribution in [2.45, 2.75) is 25.7 Å². The molecule has 0 fully saturated rings. The number of hydrogen-bond acceptors (Lipinski definition) is 3. The summed E-state index contributed by atoms with van der Waals surface area (Å²) in [5.41, 5.74) is 7.82. The molecule has 0 aliphatic heterocycles. The molecule has 0 saturated carbocycles. The number of nitriles is 1. The highest BCUT2D eigenvalue weighted by Gasteiger charge is 2.17. The van der Waals surface area contributed by atoms with Crippen LogP contribution in [0.3, 0.4) is 0 Å². The zero-order valence-corrected chi connectivity index (χ0v) is 7.58. The maximum Gasteiger partial charge on any atom is 0.128 e. The Morgan fingerprint density at radius 2 is 2.08 bits per heavy atom. The molecule has 1 aliphatic carbocycles. The largest absolute Gasteiger partial charge is 0.397 e. The molecular formula is C9H10N2S. The molecule has 0 aromatic carbocycles. The first kappa shape index (κ1) is 7.63. The lowest BCUT2D eigenvalue weighted by atomic mass is 9.98. The maximum atomic E-state index is 8.75. The molecule has 0 saturated heterocycles. The van der Waals surface area contributed by atoms with E-state index < -0.39 is 0 Å². The van der Waals surface area contributed by atoms with Gasteiger partial charge in [-0.3, -0.25) is 0 Å². The molecule has 2 rings (SSSR count). The van der Waals surface area contributed by atoms with Crippen LogP contribution in [0.1, 0.15) is 28.2 Å². The summed E-state index contributed by atoms with van der Waals surface area (Å²) in [6.45, 7) is 0. The van der Waals surface area contributed by atoms with Gasteiger partial charge in [0.1, 0.15) is 10.9 Å². The van der Waals surface area contributed by atoms with Crippen LogP contribution in [-0.2, 0) is 12.8 Å². The number of fused-ring (bicyclic) bond motifs is 1. The normalized spacial score (nSPS) is 15.2. The molecule has 1 aliphatic rings. The fourth-order valence-electron chi connectivity index (χ4n) is 1.67. The van der Waals surface area contributed by atoms with Crippen molar-refractivity contribution < 1.29 is 0 Å². The summed E-state index contributed by atoms with van der Waals surface area (Å²) in [5.74, 6) is 0. The molecule has 2 N–H and O–H groups in total. The van der Waals surface area contributed by atoms with Gasteiger partial charge in [0, 0.05) is 4.88 Å². The molecule has 62 valence electrons. The lowest BCUT2D eigenvalue weighted by molar-refractivity contribution is 0.698. The minimum atomic E-state index is 0.710. The van der Waals surface area contributed by atoms with Gasteiger partial charge >= 0.3 is 0 Å². The number of nitrogens with zero attached hydrogens (tertiary/aromatic N) is 1. The van der Waals surface area contributed by atoms with Crippen LogP contribution in [0.5, 0.6) is 0 Å². The van der Waals surface area contributed by atoms with Crippen molar-refractivity contribution in [1.29, 1.82) is 5.26 Å². The summed E-state index contributed by atoms with van der Waals surface area (Å²) in [5, 5.41) is 8.75. The van der Waals surface area contributed by atoms with Crippen LogP contribution < -0.4 is 5.73 Å². The third-order valence-corrected chi connectivity index (χ3v) is 3.53. The first-order valence-electron chi connectivity index (χ1n) is 4.13. The summed E-state index contributed by atoms with van der Waals surface area (Å²) >= 11 is 1.58. The van der Waals surface area contributed by atoms with Crippen LogP contribution in [0.2, 0.25) is 0 Å². The van der Waals surface area contributed by atoms with Crippen LogP contribution in [0, 0.1) is 11.3 Å². The predicted octanol–water partition coefficient (Wildman–Crippen LogP) is 2.08. The van der Waals surface area contributed by atoms with Crippen LogP contribution in [0.25, 0.3) is 0 Å². The summed E-state index contributed by atoms with van der Waals surface area (Å²) in [7, 11) is 0. The van der Waals surface area contributed by atoms with E-state index in [-0.39, 0.29) is 0 Å². The fourth-order valence-corrected chi connectivity index (χ4v) is 2.78. The van der Waals surface area contributed by atoms with E-state index in [9.17, 15) is 0 Å².